The maximum Gasteiger partial charge on any atom is 0.213 e. The molecule has 0 aliphatic rings. The first-order chi connectivity index (χ1) is 7.38. The van der Waals surface area contributed by atoms with Crippen LogP contribution in [0.1, 0.15) is 31.5 Å². The topological polar surface area (TPSA) is 57.4 Å². The standard InChI is InChI=1S/C10H14N4S2/c1-5-11-7(10(2,3)4)6(16-5)8-12-9(15)14-13-8/h1-4H3,(H2,12,13,14,15). The minimum atomic E-state index is 0.00843. The van der Waals surface area contributed by atoms with Crippen molar-refractivity contribution in [2.45, 2.75) is 33.1 Å². The van der Waals surface area contributed by atoms with Crippen molar-refractivity contribution in [3.8, 4) is 10.7 Å². The number of hydrogen-bond donors (Lipinski definition) is 2. The Bertz CT molecular complexity index is 556. The second kappa shape index (κ2) is 3.78. The van der Waals surface area contributed by atoms with Gasteiger partial charge in [-0.15, -0.1) is 11.3 Å². The van der Waals surface area contributed by atoms with E-state index < -0.39 is 0 Å². The van der Waals surface area contributed by atoms with E-state index in [2.05, 4.69) is 40.9 Å². The van der Waals surface area contributed by atoms with E-state index in [1.54, 1.807) is 11.3 Å². The molecule has 2 rings (SSSR count). The molecule has 6 heteroatoms. The lowest BCUT2D eigenvalue weighted by molar-refractivity contribution is 0.573. The predicted octanol–water partition coefficient (Wildman–Crippen LogP) is 3.20. The minimum Gasteiger partial charge on any atom is -0.281 e. The molecule has 0 amide bonds. The van der Waals surface area contributed by atoms with Crippen LogP contribution in [0.5, 0.6) is 0 Å². The molecule has 0 saturated carbocycles. The fourth-order valence-corrected chi connectivity index (χ4v) is 2.69. The van der Waals surface area contributed by atoms with Gasteiger partial charge < -0.3 is 0 Å². The van der Waals surface area contributed by atoms with Crippen LogP contribution in [-0.4, -0.2) is 20.2 Å². The highest BCUT2D eigenvalue weighted by Crippen LogP contribution is 2.34. The zero-order valence-electron chi connectivity index (χ0n) is 9.71. The van der Waals surface area contributed by atoms with E-state index in [0.29, 0.717) is 4.77 Å². The molecular formula is C10H14N4S2. The van der Waals surface area contributed by atoms with Crippen LogP contribution in [-0.2, 0) is 5.41 Å². The third kappa shape index (κ3) is 2.08. The first-order valence-electron chi connectivity index (χ1n) is 5.01. The summed E-state index contributed by atoms with van der Waals surface area (Å²) >= 11 is 6.60. The van der Waals surface area contributed by atoms with Crippen molar-refractivity contribution in [3.63, 3.8) is 0 Å². The van der Waals surface area contributed by atoms with Crippen molar-refractivity contribution in [2.24, 2.45) is 0 Å². The smallest absolute Gasteiger partial charge is 0.213 e. The molecule has 2 heterocycles. The number of hydrogen-bond acceptors (Lipinski definition) is 4. The maximum atomic E-state index is 4.96. The molecule has 0 aliphatic heterocycles. The summed E-state index contributed by atoms with van der Waals surface area (Å²) in [5, 5.41) is 6.83. The molecule has 0 radical (unpaired) electrons. The quantitative estimate of drug-likeness (QED) is 0.768. The zero-order valence-corrected chi connectivity index (χ0v) is 11.3. The highest BCUT2D eigenvalue weighted by molar-refractivity contribution is 7.71. The van der Waals surface area contributed by atoms with E-state index >= 15 is 0 Å². The van der Waals surface area contributed by atoms with Crippen LogP contribution in [0, 0.1) is 11.7 Å². The summed E-state index contributed by atoms with van der Waals surface area (Å²) in [7, 11) is 0. The van der Waals surface area contributed by atoms with Gasteiger partial charge in [0.25, 0.3) is 0 Å². The molecule has 2 N–H and O–H groups in total. The van der Waals surface area contributed by atoms with Gasteiger partial charge in [0, 0.05) is 5.41 Å². The zero-order chi connectivity index (χ0) is 11.9. The molecule has 16 heavy (non-hydrogen) atoms. The molecule has 0 unspecified atom stereocenters. The summed E-state index contributed by atoms with van der Waals surface area (Å²) in [5.41, 5.74) is 1.07. The van der Waals surface area contributed by atoms with Crippen LogP contribution in [0.4, 0.5) is 0 Å². The van der Waals surface area contributed by atoms with E-state index in [4.69, 9.17) is 12.2 Å². The fourth-order valence-electron chi connectivity index (χ4n) is 1.47. The van der Waals surface area contributed by atoms with Crippen molar-refractivity contribution in [1.29, 1.82) is 0 Å². The Morgan fingerprint density at radius 2 is 1.88 bits per heavy atom. The van der Waals surface area contributed by atoms with E-state index in [-0.39, 0.29) is 5.41 Å². The first kappa shape index (κ1) is 11.5. The number of nitrogens with one attached hydrogen (secondary N) is 2. The van der Waals surface area contributed by atoms with Crippen molar-refractivity contribution in [3.05, 3.63) is 15.5 Å². The maximum absolute atomic E-state index is 4.96. The molecule has 2 aromatic rings. The Balaban J connectivity index is 2.61. The molecule has 86 valence electrons. The average Bonchev–Trinajstić information content (AvgIpc) is 2.70. The molecule has 4 nitrogen and oxygen atoms in total. The Labute approximate surface area is 103 Å². The monoisotopic (exact) mass is 254 g/mol. The largest absolute Gasteiger partial charge is 0.281 e. The first-order valence-corrected chi connectivity index (χ1v) is 6.23. The summed E-state index contributed by atoms with van der Waals surface area (Å²) in [5.74, 6) is 0.778. The average molecular weight is 254 g/mol. The van der Waals surface area contributed by atoms with Crippen molar-refractivity contribution >= 4 is 23.6 Å². The Kier molecular flexibility index (Phi) is 2.71. The fraction of sp³-hybridized carbons (Fsp3) is 0.500. The van der Waals surface area contributed by atoms with Gasteiger partial charge in [-0.25, -0.2) is 4.98 Å². The number of nitrogens with zero attached hydrogens (tertiary/aromatic N) is 2. The molecule has 0 saturated heterocycles. The van der Waals surface area contributed by atoms with E-state index in [9.17, 15) is 0 Å². The third-order valence-electron chi connectivity index (χ3n) is 2.16. The SMILES string of the molecule is Cc1nc(C(C)(C)C)c(-c2nc(=S)[nH][nH]2)s1. The van der Waals surface area contributed by atoms with E-state index in [1.807, 2.05) is 6.92 Å². The van der Waals surface area contributed by atoms with Crippen molar-refractivity contribution in [1.82, 2.24) is 20.2 Å². The lowest BCUT2D eigenvalue weighted by Crippen LogP contribution is -2.13. The predicted molar refractivity (Wildman–Crippen MR) is 68.3 cm³/mol. The van der Waals surface area contributed by atoms with Gasteiger partial charge in [0.05, 0.1) is 15.6 Å². The highest BCUT2D eigenvalue weighted by atomic mass is 32.1. The van der Waals surface area contributed by atoms with Gasteiger partial charge in [0.15, 0.2) is 5.82 Å². The second-order valence-corrected chi connectivity index (χ2v) is 6.27. The third-order valence-corrected chi connectivity index (χ3v) is 3.33. The number of H-pyrrole nitrogens is 2. The summed E-state index contributed by atoms with van der Waals surface area (Å²) in [4.78, 5) is 9.89. The van der Waals surface area contributed by atoms with Crippen LogP contribution in [0.3, 0.4) is 0 Å². The van der Waals surface area contributed by atoms with E-state index in [0.717, 1.165) is 21.4 Å². The van der Waals surface area contributed by atoms with Crippen molar-refractivity contribution < 1.29 is 0 Å². The van der Waals surface area contributed by atoms with Crippen LogP contribution in [0.2, 0.25) is 0 Å². The molecule has 0 fully saturated rings. The number of thiazole rings is 1. The minimum absolute atomic E-state index is 0.00843. The Morgan fingerprint density at radius 3 is 2.38 bits per heavy atom. The summed E-state index contributed by atoms with van der Waals surface area (Å²) in [6.07, 6.45) is 0. The van der Waals surface area contributed by atoms with Crippen LogP contribution in [0.25, 0.3) is 10.7 Å². The van der Waals surface area contributed by atoms with E-state index in [1.165, 1.54) is 0 Å². The van der Waals surface area contributed by atoms with Gasteiger partial charge in [-0.3, -0.25) is 10.2 Å². The normalized spacial score (nSPS) is 12.0. The molecule has 0 aliphatic carbocycles. The molecule has 0 aromatic carbocycles. The summed E-state index contributed by atoms with van der Waals surface area (Å²) in [6.45, 7) is 8.44. The van der Waals surface area contributed by atoms with Crippen molar-refractivity contribution in [2.75, 3.05) is 0 Å². The van der Waals surface area contributed by atoms with Gasteiger partial charge in [0.1, 0.15) is 0 Å². The Hall–Kier alpha value is -1.01. The lowest BCUT2D eigenvalue weighted by Gasteiger charge is -2.16. The van der Waals surface area contributed by atoms with Gasteiger partial charge in [0.2, 0.25) is 4.77 Å². The summed E-state index contributed by atoms with van der Waals surface area (Å²) < 4.78 is 0.473. The number of rotatable bonds is 1. The molecule has 0 bridgehead atoms. The van der Waals surface area contributed by atoms with Gasteiger partial charge in [-0.05, 0) is 19.1 Å². The van der Waals surface area contributed by atoms with Gasteiger partial charge in [-0.1, -0.05) is 20.8 Å². The Morgan fingerprint density at radius 1 is 1.19 bits per heavy atom. The lowest BCUT2D eigenvalue weighted by atomic mass is 9.91. The summed E-state index contributed by atoms with van der Waals surface area (Å²) in [6, 6.07) is 0. The molecule has 0 atom stereocenters. The molecule has 2 aromatic heterocycles. The van der Waals surface area contributed by atoms with Crippen LogP contribution < -0.4 is 0 Å². The highest BCUT2D eigenvalue weighted by Gasteiger charge is 2.24. The van der Waals surface area contributed by atoms with Crippen LogP contribution >= 0.6 is 23.6 Å². The molecular weight excluding hydrogens is 240 g/mol. The van der Waals surface area contributed by atoms with Crippen LogP contribution in [0.15, 0.2) is 0 Å². The number of aromatic nitrogens is 4. The second-order valence-electron chi connectivity index (χ2n) is 4.68. The number of aryl methyl sites for hydroxylation is 1. The number of aromatic amines is 2. The van der Waals surface area contributed by atoms with Gasteiger partial charge in [-0.2, -0.15) is 4.98 Å². The molecule has 0 spiro atoms. The van der Waals surface area contributed by atoms with Gasteiger partial charge >= 0.3 is 0 Å².